The fourth-order valence-electron chi connectivity index (χ4n) is 2.96. The van der Waals surface area contributed by atoms with E-state index in [9.17, 15) is 4.79 Å². The van der Waals surface area contributed by atoms with E-state index >= 15 is 0 Å². The highest BCUT2D eigenvalue weighted by molar-refractivity contribution is 5.91. The molecule has 2 aromatic carbocycles. The van der Waals surface area contributed by atoms with Gasteiger partial charge in [0, 0.05) is 25.0 Å². The van der Waals surface area contributed by atoms with Gasteiger partial charge in [-0.15, -0.1) is 0 Å². The van der Waals surface area contributed by atoms with Crippen molar-refractivity contribution in [2.45, 2.75) is 13.1 Å². The molecule has 1 amide bonds. The van der Waals surface area contributed by atoms with Crippen molar-refractivity contribution >= 4 is 12.0 Å². The quantitative estimate of drug-likeness (QED) is 0.551. The first kappa shape index (κ1) is 21.0. The van der Waals surface area contributed by atoms with Crippen LogP contribution in [0.2, 0.25) is 0 Å². The van der Waals surface area contributed by atoms with Gasteiger partial charge >= 0.3 is 0 Å². The fraction of sp³-hybridized carbons (Fsp3) is 0.217. The standard InChI is InChI=1S/C23H25N3O4/c1-28-20-13-19(14-21(29-2)23(20)30-3)9-10-22(27)24-15-17-5-7-18(8-6-17)16-26-12-4-11-25-26/h4-14H,15-16H2,1-3H3,(H,24,27). The van der Waals surface area contributed by atoms with Crippen molar-refractivity contribution in [2.24, 2.45) is 0 Å². The minimum Gasteiger partial charge on any atom is -0.493 e. The number of nitrogens with zero attached hydrogens (tertiary/aromatic N) is 2. The second kappa shape index (κ2) is 10.2. The third kappa shape index (κ3) is 5.41. The van der Waals surface area contributed by atoms with Gasteiger partial charge in [0.2, 0.25) is 11.7 Å². The number of methoxy groups -OCH3 is 3. The lowest BCUT2D eigenvalue weighted by molar-refractivity contribution is -0.116. The summed E-state index contributed by atoms with van der Waals surface area (Å²) in [6.07, 6.45) is 6.86. The first-order valence-corrected chi connectivity index (χ1v) is 9.44. The van der Waals surface area contributed by atoms with E-state index in [1.807, 2.05) is 41.2 Å². The topological polar surface area (TPSA) is 74.6 Å². The van der Waals surface area contributed by atoms with Crippen LogP contribution in [0.15, 0.2) is 60.9 Å². The van der Waals surface area contributed by atoms with E-state index in [1.165, 1.54) is 6.08 Å². The van der Waals surface area contributed by atoms with Crippen LogP contribution in [0.4, 0.5) is 0 Å². The zero-order chi connectivity index (χ0) is 21.3. The van der Waals surface area contributed by atoms with Crippen LogP contribution < -0.4 is 19.5 Å². The van der Waals surface area contributed by atoms with Crippen LogP contribution >= 0.6 is 0 Å². The second-order valence-electron chi connectivity index (χ2n) is 6.53. The van der Waals surface area contributed by atoms with Crippen LogP contribution in [0.3, 0.4) is 0 Å². The molecule has 1 aromatic heterocycles. The third-order valence-corrected chi connectivity index (χ3v) is 4.51. The molecule has 0 bridgehead atoms. The van der Waals surface area contributed by atoms with Crippen LogP contribution in [-0.4, -0.2) is 37.0 Å². The number of carbonyl (C=O) groups excluding carboxylic acids is 1. The van der Waals surface area contributed by atoms with Gasteiger partial charge in [-0.25, -0.2) is 0 Å². The monoisotopic (exact) mass is 407 g/mol. The molecule has 0 saturated heterocycles. The van der Waals surface area contributed by atoms with E-state index in [-0.39, 0.29) is 5.91 Å². The molecule has 1 N–H and O–H groups in total. The van der Waals surface area contributed by atoms with E-state index in [0.717, 1.165) is 23.2 Å². The molecule has 0 aliphatic carbocycles. The Morgan fingerprint density at radius 1 is 1.03 bits per heavy atom. The summed E-state index contributed by atoms with van der Waals surface area (Å²) in [7, 11) is 4.66. The number of aromatic nitrogens is 2. The van der Waals surface area contributed by atoms with Gasteiger partial charge in [0.05, 0.1) is 27.9 Å². The van der Waals surface area contributed by atoms with Gasteiger partial charge < -0.3 is 19.5 Å². The maximum atomic E-state index is 12.2. The van der Waals surface area contributed by atoms with E-state index in [2.05, 4.69) is 10.4 Å². The largest absolute Gasteiger partial charge is 0.493 e. The number of ether oxygens (including phenoxy) is 3. The molecule has 7 heteroatoms. The number of amides is 1. The zero-order valence-electron chi connectivity index (χ0n) is 17.3. The predicted octanol–water partition coefficient (Wildman–Crippen LogP) is 3.29. The van der Waals surface area contributed by atoms with Gasteiger partial charge in [0.15, 0.2) is 11.5 Å². The molecule has 0 radical (unpaired) electrons. The summed E-state index contributed by atoms with van der Waals surface area (Å²) in [5.41, 5.74) is 2.94. The fourth-order valence-corrected chi connectivity index (χ4v) is 2.96. The average Bonchev–Trinajstić information content (AvgIpc) is 3.29. The third-order valence-electron chi connectivity index (χ3n) is 4.51. The molecule has 0 fully saturated rings. The van der Waals surface area contributed by atoms with Crippen molar-refractivity contribution in [1.82, 2.24) is 15.1 Å². The number of hydrogen-bond acceptors (Lipinski definition) is 5. The lowest BCUT2D eigenvalue weighted by Gasteiger charge is -2.12. The van der Waals surface area contributed by atoms with E-state index < -0.39 is 0 Å². The first-order valence-electron chi connectivity index (χ1n) is 9.44. The van der Waals surface area contributed by atoms with E-state index in [1.54, 1.807) is 45.7 Å². The van der Waals surface area contributed by atoms with Gasteiger partial charge in [-0.2, -0.15) is 5.10 Å². The minimum absolute atomic E-state index is 0.190. The predicted molar refractivity (Wildman–Crippen MR) is 115 cm³/mol. The van der Waals surface area contributed by atoms with E-state index in [4.69, 9.17) is 14.2 Å². The van der Waals surface area contributed by atoms with Crippen LogP contribution in [0.1, 0.15) is 16.7 Å². The molecule has 156 valence electrons. The Bertz CT molecular complexity index is 971. The van der Waals surface area contributed by atoms with Crippen molar-refractivity contribution in [3.05, 3.63) is 77.6 Å². The summed E-state index contributed by atoms with van der Waals surface area (Å²) in [5.74, 6) is 1.39. The minimum atomic E-state index is -0.190. The summed E-state index contributed by atoms with van der Waals surface area (Å²) in [5, 5.41) is 7.08. The van der Waals surface area contributed by atoms with Crippen molar-refractivity contribution < 1.29 is 19.0 Å². The van der Waals surface area contributed by atoms with E-state index in [0.29, 0.717) is 23.8 Å². The number of nitrogens with one attached hydrogen (secondary N) is 1. The summed E-state index contributed by atoms with van der Waals surface area (Å²) >= 11 is 0. The molecule has 0 spiro atoms. The lowest BCUT2D eigenvalue weighted by atomic mass is 10.1. The van der Waals surface area contributed by atoms with Crippen LogP contribution in [0.25, 0.3) is 6.08 Å². The molecule has 0 aliphatic rings. The molecule has 30 heavy (non-hydrogen) atoms. The summed E-state index contributed by atoms with van der Waals surface area (Å²) in [6.45, 7) is 1.16. The summed E-state index contributed by atoms with van der Waals surface area (Å²) < 4.78 is 17.8. The molecule has 3 rings (SSSR count). The van der Waals surface area contributed by atoms with Crippen molar-refractivity contribution in [3.8, 4) is 17.2 Å². The Kier molecular flexibility index (Phi) is 7.10. The normalized spacial score (nSPS) is 10.8. The SMILES string of the molecule is COc1cc(C=CC(=O)NCc2ccc(Cn3cccn3)cc2)cc(OC)c1OC. The maximum absolute atomic E-state index is 12.2. The second-order valence-corrected chi connectivity index (χ2v) is 6.53. The van der Waals surface area contributed by atoms with Gasteiger partial charge in [0.1, 0.15) is 0 Å². The zero-order valence-corrected chi connectivity index (χ0v) is 17.3. The number of carbonyl (C=O) groups is 1. The summed E-state index contributed by atoms with van der Waals surface area (Å²) in [4.78, 5) is 12.2. The Hall–Kier alpha value is -3.74. The molecule has 0 atom stereocenters. The molecule has 7 nitrogen and oxygen atoms in total. The number of hydrogen-bond donors (Lipinski definition) is 1. The molecular formula is C23H25N3O4. The van der Waals surface area contributed by atoms with Crippen molar-refractivity contribution in [1.29, 1.82) is 0 Å². The molecule has 0 saturated carbocycles. The first-order chi connectivity index (χ1) is 14.6. The van der Waals surface area contributed by atoms with Gasteiger partial charge in [-0.05, 0) is 41.0 Å². The van der Waals surface area contributed by atoms with Gasteiger partial charge in [-0.3, -0.25) is 9.48 Å². The number of rotatable bonds is 9. The number of benzene rings is 2. The van der Waals surface area contributed by atoms with Gasteiger partial charge in [0.25, 0.3) is 0 Å². The summed E-state index contributed by atoms with van der Waals surface area (Å²) in [6, 6.07) is 13.5. The van der Waals surface area contributed by atoms with Crippen molar-refractivity contribution in [3.63, 3.8) is 0 Å². The van der Waals surface area contributed by atoms with Crippen LogP contribution in [0.5, 0.6) is 17.2 Å². The smallest absolute Gasteiger partial charge is 0.244 e. The Balaban J connectivity index is 1.57. The highest BCUT2D eigenvalue weighted by Gasteiger charge is 2.12. The van der Waals surface area contributed by atoms with Gasteiger partial charge in [-0.1, -0.05) is 24.3 Å². The van der Waals surface area contributed by atoms with Crippen molar-refractivity contribution in [2.75, 3.05) is 21.3 Å². The molecular weight excluding hydrogens is 382 g/mol. The highest BCUT2D eigenvalue weighted by Crippen LogP contribution is 2.38. The highest BCUT2D eigenvalue weighted by atomic mass is 16.5. The Morgan fingerprint density at radius 2 is 1.70 bits per heavy atom. The van der Waals surface area contributed by atoms with Crippen LogP contribution in [0, 0.1) is 0 Å². The molecule has 1 heterocycles. The molecule has 3 aromatic rings. The average molecular weight is 407 g/mol. The molecule has 0 aliphatic heterocycles. The Labute approximate surface area is 175 Å². The van der Waals surface area contributed by atoms with Crippen LogP contribution in [-0.2, 0) is 17.9 Å². The maximum Gasteiger partial charge on any atom is 0.244 e. The molecule has 0 unspecified atom stereocenters. The lowest BCUT2D eigenvalue weighted by Crippen LogP contribution is -2.20. The Morgan fingerprint density at radius 3 is 2.27 bits per heavy atom.